The highest BCUT2D eigenvalue weighted by molar-refractivity contribution is 6.05. The first-order chi connectivity index (χ1) is 20.0. The quantitative estimate of drug-likeness (QED) is 0.384. The van der Waals surface area contributed by atoms with Gasteiger partial charge in [-0.3, -0.25) is 14.4 Å². The van der Waals surface area contributed by atoms with Crippen molar-refractivity contribution in [2.45, 2.75) is 84.1 Å². The number of benzene rings is 2. The summed E-state index contributed by atoms with van der Waals surface area (Å²) >= 11 is 0. The standard InChI is InChI=1S/C33H43N3O6/c1-7-19(3)24(18-37)36-28(30(39)35-27-20(4)10-9-11-21(27)5)33-17-16-32(6,42-33)25(26(33)31(36)40)29(38)34-22-12-14-23(15-13-22)41-8-2/h9-15,19,24-26,28,37H,7-8,16-18H2,1-6H3,(H,34,38)(H,35,39)/t19-,24-,25-,26-,28?,32+,33?/m0/s1. The van der Waals surface area contributed by atoms with Crippen molar-refractivity contribution in [1.82, 2.24) is 4.90 Å². The Bertz CT molecular complexity index is 1340. The number of anilines is 2. The molecule has 3 N–H and O–H groups in total. The molecule has 3 aliphatic rings. The number of aliphatic hydroxyl groups is 1. The second-order valence-electron chi connectivity index (χ2n) is 12.3. The number of hydrogen-bond acceptors (Lipinski definition) is 6. The van der Waals surface area contributed by atoms with Gasteiger partial charge in [-0.2, -0.15) is 0 Å². The van der Waals surface area contributed by atoms with Crippen molar-refractivity contribution in [3.05, 3.63) is 53.6 Å². The van der Waals surface area contributed by atoms with Gasteiger partial charge in [0.05, 0.1) is 36.7 Å². The monoisotopic (exact) mass is 577 g/mol. The Kier molecular flexibility index (Phi) is 8.11. The molecule has 0 radical (unpaired) electrons. The minimum Gasteiger partial charge on any atom is -0.494 e. The molecule has 1 spiro atoms. The Morgan fingerprint density at radius 3 is 2.33 bits per heavy atom. The third-order valence-corrected chi connectivity index (χ3v) is 9.75. The van der Waals surface area contributed by atoms with Gasteiger partial charge in [-0.25, -0.2) is 0 Å². The van der Waals surface area contributed by atoms with E-state index in [2.05, 4.69) is 10.6 Å². The number of amides is 3. The number of ether oxygens (including phenoxy) is 2. The van der Waals surface area contributed by atoms with Crippen LogP contribution in [0.4, 0.5) is 11.4 Å². The summed E-state index contributed by atoms with van der Waals surface area (Å²) in [5, 5.41) is 16.6. The topological polar surface area (TPSA) is 117 Å². The molecule has 2 unspecified atom stereocenters. The number of likely N-dealkylation sites (tertiary alicyclic amines) is 1. The zero-order valence-corrected chi connectivity index (χ0v) is 25.4. The molecule has 7 atom stereocenters. The zero-order valence-electron chi connectivity index (χ0n) is 25.4. The van der Waals surface area contributed by atoms with Gasteiger partial charge in [0.2, 0.25) is 17.7 Å². The number of aliphatic hydroxyl groups excluding tert-OH is 1. The van der Waals surface area contributed by atoms with Crippen LogP contribution in [0.3, 0.4) is 0 Å². The van der Waals surface area contributed by atoms with E-state index in [0.29, 0.717) is 43.0 Å². The molecule has 0 saturated carbocycles. The molecule has 5 rings (SSSR count). The Balaban J connectivity index is 1.53. The van der Waals surface area contributed by atoms with Gasteiger partial charge in [-0.1, -0.05) is 38.5 Å². The molecule has 3 fully saturated rings. The van der Waals surface area contributed by atoms with Crippen LogP contribution in [0.2, 0.25) is 0 Å². The fourth-order valence-corrected chi connectivity index (χ4v) is 7.46. The van der Waals surface area contributed by atoms with Crippen molar-refractivity contribution in [1.29, 1.82) is 0 Å². The third kappa shape index (κ3) is 4.76. The van der Waals surface area contributed by atoms with Crippen molar-refractivity contribution < 1.29 is 29.0 Å². The lowest BCUT2D eigenvalue weighted by atomic mass is 9.66. The first-order valence-electron chi connectivity index (χ1n) is 15.0. The van der Waals surface area contributed by atoms with Crippen molar-refractivity contribution >= 4 is 29.1 Å². The Morgan fingerprint density at radius 1 is 1.07 bits per heavy atom. The fourth-order valence-electron chi connectivity index (χ4n) is 7.46. The molecular formula is C33H43N3O6. The number of rotatable bonds is 10. The van der Waals surface area contributed by atoms with E-state index in [1.165, 1.54) is 0 Å². The van der Waals surface area contributed by atoms with Crippen LogP contribution in [-0.2, 0) is 19.1 Å². The lowest BCUT2D eigenvalue weighted by Crippen LogP contribution is -2.57. The van der Waals surface area contributed by atoms with Crippen LogP contribution < -0.4 is 15.4 Å². The molecule has 2 aromatic carbocycles. The summed E-state index contributed by atoms with van der Waals surface area (Å²) in [6.45, 7) is 11.8. The molecule has 9 heteroatoms. The SMILES string of the molecule is CCOc1ccc(NC(=O)[C@@H]2[C@H]3C(=O)N([C@@H](CO)[C@@H](C)CC)C(C(=O)Nc4c(C)cccc4C)C34CC[C@@]2(C)O4)cc1. The maximum atomic E-state index is 14.5. The van der Waals surface area contributed by atoms with Crippen molar-refractivity contribution in [3.8, 4) is 5.75 Å². The van der Waals surface area contributed by atoms with Gasteiger partial charge in [-0.15, -0.1) is 0 Å². The van der Waals surface area contributed by atoms with E-state index in [0.717, 1.165) is 11.1 Å². The summed E-state index contributed by atoms with van der Waals surface area (Å²) in [6, 6.07) is 11.3. The molecular weight excluding hydrogens is 534 g/mol. The number of hydrogen-bond donors (Lipinski definition) is 3. The molecule has 0 aromatic heterocycles. The lowest BCUT2D eigenvalue weighted by Gasteiger charge is -2.39. The average Bonchev–Trinajstić information content (AvgIpc) is 3.53. The second-order valence-corrected chi connectivity index (χ2v) is 12.3. The van der Waals surface area contributed by atoms with Gasteiger partial charge < -0.3 is 30.1 Å². The predicted molar refractivity (Wildman–Crippen MR) is 160 cm³/mol. The molecule has 3 amide bonds. The molecule has 2 aromatic rings. The smallest absolute Gasteiger partial charge is 0.250 e. The number of carbonyl (C=O) groups is 3. The summed E-state index contributed by atoms with van der Waals surface area (Å²) in [4.78, 5) is 44.3. The highest BCUT2D eigenvalue weighted by Gasteiger charge is 2.78. The highest BCUT2D eigenvalue weighted by atomic mass is 16.5. The highest BCUT2D eigenvalue weighted by Crippen LogP contribution is 2.63. The minimum atomic E-state index is -1.19. The van der Waals surface area contributed by atoms with E-state index >= 15 is 0 Å². The maximum absolute atomic E-state index is 14.5. The normalized spacial score (nSPS) is 29.3. The number of para-hydroxylation sites is 1. The molecule has 226 valence electrons. The molecule has 9 nitrogen and oxygen atoms in total. The Labute approximate surface area is 248 Å². The van der Waals surface area contributed by atoms with E-state index in [4.69, 9.17) is 9.47 Å². The maximum Gasteiger partial charge on any atom is 0.250 e. The van der Waals surface area contributed by atoms with Crippen molar-refractivity contribution in [2.75, 3.05) is 23.8 Å². The van der Waals surface area contributed by atoms with Gasteiger partial charge in [-0.05, 0) is 81.8 Å². The van der Waals surface area contributed by atoms with Gasteiger partial charge in [0.15, 0.2) is 0 Å². The van der Waals surface area contributed by atoms with Gasteiger partial charge in [0.1, 0.15) is 17.4 Å². The summed E-state index contributed by atoms with van der Waals surface area (Å²) in [5.41, 5.74) is 0.999. The largest absolute Gasteiger partial charge is 0.494 e. The van der Waals surface area contributed by atoms with E-state index in [-0.39, 0.29) is 30.2 Å². The van der Waals surface area contributed by atoms with Crippen LogP contribution in [-0.4, -0.2) is 64.2 Å². The van der Waals surface area contributed by atoms with E-state index in [1.807, 2.05) is 59.7 Å². The zero-order chi connectivity index (χ0) is 30.4. The summed E-state index contributed by atoms with van der Waals surface area (Å²) in [7, 11) is 0. The molecule has 42 heavy (non-hydrogen) atoms. The van der Waals surface area contributed by atoms with Crippen LogP contribution in [0.25, 0.3) is 0 Å². The number of aryl methyl sites for hydroxylation is 2. The van der Waals surface area contributed by atoms with Crippen LogP contribution >= 0.6 is 0 Å². The van der Waals surface area contributed by atoms with Crippen molar-refractivity contribution in [2.24, 2.45) is 17.8 Å². The first-order valence-corrected chi connectivity index (χ1v) is 15.0. The number of fused-ring (bicyclic) bond motifs is 1. The first kappa shape index (κ1) is 30.0. The molecule has 3 heterocycles. The van der Waals surface area contributed by atoms with Crippen LogP contribution in [0.1, 0.15) is 58.1 Å². The average molecular weight is 578 g/mol. The third-order valence-electron chi connectivity index (χ3n) is 9.75. The summed E-state index contributed by atoms with van der Waals surface area (Å²) in [5.74, 6) is -2.03. The van der Waals surface area contributed by atoms with Crippen molar-refractivity contribution in [3.63, 3.8) is 0 Å². The van der Waals surface area contributed by atoms with Gasteiger partial charge in [0.25, 0.3) is 0 Å². The van der Waals surface area contributed by atoms with Crippen LogP contribution in [0, 0.1) is 31.6 Å². The molecule has 3 aliphatic heterocycles. The van der Waals surface area contributed by atoms with E-state index < -0.39 is 35.1 Å². The van der Waals surface area contributed by atoms with Gasteiger partial charge >= 0.3 is 0 Å². The molecule has 3 saturated heterocycles. The van der Waals surface area contributed by atoms with E-state index in [9.17, 15) is 19.5 Å². The Morgan fingerprint density at radius 2 is 1.74 bits per heavy atom. The molecule has 2 bridgehead atoms. The lowest BCUT2D eigenvalue weighted by molar-refractivity contribution is -0.148. The fraction of sp³-hybridized carbons (Fsp3) is 0.545. The predicted octanol–water partition coefficient (Wildman–Crippen LogP) is 4.45. The Hall–Kier alpha value is -3.43. The van der Waals surface area contributed by atoms with E-state index in [1.54, 1.807) is 29.2 Å². The summed E-state index contributed by atoms with van der Waals surface area (Å²) in [6.07, 6.45) is 1.71. The van der Waals surface area contributed by atoms with Gasteiger partial charge in [0, 0.05) is 11.4 Å². The van der Waals surface area contributed by atoms with Crippen LogP contribution in [0.15, 0.2) is 42.5 Å². The second kappa shape index (κ2) is 11.3. The number of carbonyl (C=O) groups excluding carboxylic acids is 3. The summed E-state index contributed by atoms with van der Waals surface area (Å²) < 4.78 is 12.3. The van der Waals surface area contributed by atoms with Crippen LogP contribution in [0.5, 0.6) is 5.75 Å². The molecule has 0 aliphatic carbocycles. The number of nitrogens with zero attached hydrogens (tertiary/aromatic N) is 1. The minimum absolute atomic E-state index is 0.0754. The number of nitrogens with one attached hydrogen (secondary N) is 2.